The van der Waals surface area contributed by atoms with Crippen LogP contribution in [0.25, 0.3) is 0 Å². The lowest BCUT2D eigenvalue weighted by atomic mass is 10.1. The number of nitrogens with zero attached hydrogens (tertiary/aromatic N) is 2. The monoisotopic (exact) mass is 245 g/mol. The zero-order chi connectivity index (χ0) is 11.8. The van der Waals surface area contributed by atoms with E-state index < -0.39 is 0 Å². The summed E-state index contributed by atoms with van der Waals surface area (Å²) >= 11 is 1.71. The minimum atomic E-state index is 0.890. The van der Waals surface area contributed by atoms with Gasteiger partial charge in [0.25, 0.3) is 0 Å². The molecule has 0 saturated heterocycles. The number of fused-ring (bicyclic) bond motifs is 1. The smallest absolute Gasteiger partial charge is 0.0898 e. The molecule has 4 heteroatoms. The molecular formula is C13H15N3S. The van der Waals surface area contributed by atoms with Crippen molar-refractivity contribution in [2.45, 2.75) is 19.9 Å². The van der Waals surface area contributed by atoms with E-state index in [1.54, 1.807) is 11.3 Å². The quantitative estimate of drug-likeness (QED) is 0.827. The van der Waals surface area contributed by atoms with Crippen LogP contribution in [-0.4, -0.2) is 11.5 Å². The van der Waals surface area contributed by atoms with Gasteiger partial charge in [-0.25, -0.2) is 4.98 Å². The van der Waals surface area contributed by atoms with Crippen molar-refractivity contribution in [1.82, 2.24) is 4.98 Å². The van der Waals surface area contributed by atoms with Gasteiger partial charge in [-0.15, -0.1) is 11.3 Å². The maximum atomic E-state index is 5.99. The van der Waals surface area contributed by atoms with Gasteiger partial charge in [0.1, 0.15) is 0 Å². The van der Waals surface area contributed by atoms with Crippen LogP contribution in [0.5, 0.6) is 0 Å². The molecule has 88 valence electrons. The van der Waals surface area contributed by atoms with Crippen molar-refractivity contribution >= 4 is 22.7 Å². The molecule has 0 saturated carbocycles. The summed E-state index contributed by atoms with van der Waals surface area (Å²) in [5.74, 6) is 0. The summed E-state index contributed by atoms with van der Waals surface area (Å²) in [5.41, 5.74) is 10.6. The number of benzene rings is 1. The first-order chi connectivity index (χ1) is 8.24. The van der Waals surface area contributed by atoms with E-state index >= 15 is 0 Å². The first kappa shape index (κ1) is 10.6. The van der Waals surface area contributed by atoms with Crippen molar-refractivity contribution in [2.24, 2.45) is 0 Å². The van der Waals surface area contributed by atoms with Gasteiger partial charge in [-0.1, -0.05) is 6.07 Å². The third-order valence-electron chi connectivity index (χ3n) is 3.18. The van der Waals surface area contributed by atoms with E-state index in [0.29, 0.717) is 0 Å². The van der Waals surface area contributed by atoms with Gasteiger partial charge in [-0.3, -0.25) is 0 Å². The van der Waals surface area contributed by atoms with Crippen LogP contribution in [0.3, 0.4) is 0 Å². The Hall–Kier alpha value is -1.55. The number of aryl methyl sites for hydroxylation is 1. The molecule has 0 radical (unpaired) electrons. The fourth-order valence-corrected chi connectivity index (χ4v) is 2.97. The van der Waals surface area contributed by atoms with E-state index in [4.69, 9.17) is 5.73 Å². The summed E-state index contributed by atoms with van der Waals surface area (Å²) in [7, 11) is 0. The zero-order valence-electron chi connectivity index (χ0n) is 9.81. The van der Waals surface area contributed by atoms with Crippen LogP contribution in [0.15, 0.2) is 23.6 Å². The highest BCUT2D eigenvalue weighted by atomic mass is 32.1. The molecule has 0 aliphatic carbocycles. The van der Waals surface area contributed by atoms with Crippen LogP contribution in [-0.2, 0) is 13.0 Å². The number of rotatable bonds is 2. The third kappa shape index (κ3) is 1.89. The number of nitrogens with two attached hydrogens (primary N) is 1. The molecule has 0 atom stereocenters. The molecular weight excluding hydrogens is 230 g/mol. The summed E-state index contributed by atoms with van der Waals surface area (Å²) in [6.45, 7) is 3.98. The van der Waals surface area contributed by atoms with Crippen molar-refractivity contribution < 1.29 is 0 Å². The molecule has 1 aromatic heterocycles. The maximum Gasteiger partial charge on any atom is 0.0898 e. The number of thiazole rings is 1. The molecule has 0 bridgehead atoms. The predicted molar refractivity (Wildman–Crippen MR) is 72.5 cm³/mol. The van der Waals surface area contributed by atoms with Crippen molar-refractivity contribution in [3.05, 3.63) is 39.8 Å². The lowest BCUT2D eigenvalue weighted by Gasteiger charge is -2.18. The Kier molecular flexibility index (Phi) is 2.52. The molecule has 1 aliphatic rings. The first-order valence-electron chi connectivity index (χ1n) is 5.77. The van der Waals surface area contributed by atoms with E-state index in [9.17, 15) is 0 Å². The van der Waals surface area contributed by atoms with Crippen LogP contribution in [0.2, 0.25) is 0 Å². The molecule has 2 aromatic rings. The molecule has 2 N–H and O–H groups in total. The van der Waals surface area contributed by atoms with E-state index in [2.05, 4.69) is 21.3 Å². The van der Waals surface area contributed by atoms with E-state index in [1.165, 1.54) is 11.3 Å². The van der Waals surface area contributed by atoms with Gasteiger partial charge in [0, 0.05) is 28.9 Å². The molecule has 1 aliphatic heterocycles. The number of hydrogen-bond acceptors (Lipinski definition) is 4. The van der Waals surface area contributed by atoms with Gasteiger partial charge in [0.2, 0.25) is 0 Å². The molecule has 1 aromatic carbocycles. The average molecular weight is 245 g/mol. The molecule has 2 heterocycles. The lowest BCUT2D eigenvalue weighted by molar-refractivity contribution is 0.818. The van der Waals surface area contributed by atoms with Crippen molar-refractivity contribution in [1.29, 1.82) is 0 Å². The average Bonchev–Trinajstić information content (AvgIpc) is 2.88. The fourth-order valence-electron chi connectivity index (χ4n) is 2.37. The molecule has 0 amide bonds. The van der Waals surface area contributed by atoms with Gasteiger partial charge >= 0.3 is 0 Å². The Morgan fingerprint density at radius 1 is 1.47 bits per heavy atom. The van der Waals surface area contributed by atoms with Crippen LogP contribution >= 0.6 is 11.3 Å². The maximum absolute atomic E-state index is 5.99. The Labute approximate surface area is 105 Å². The predicted octanol–water partition coefficient (Wildman–Crippen LogP) is 2.60. The highest BCUT2D eigenvalue weighted by Gasteiger charge is 2.21. The molecule has 3 nitrogen and oxygen atoms in total. The standard InChI is InChI=1S/C13H15N3S/c1-9-15-10(8-17-9)7-16-6-5-11-12(14)3-2-4-13(11)16/h2-4,8H,5-7,14H2,1H3. The topological polar surface area (TPSA) is 42.2 Å². The summed E-state index contributed by atoms with van der Waals surface area (Å²) in [6.07, 6.45) is 1.05. The van der Waals surface area contributed by atoms with Gasteiger partial charge < -0.3 is 10.6 Å². The van der Waals surface area contributed by atoms with Crippen molar-refractivity contribution in [3.8, 4) is 0 Å². The van der Waals surface area contributed by atoms with Crippen molar-refractivity contribution in [3.63, 3.8) is 0 Å². The van der Waals surface area contributed by atoms with E-state index in [0.717, 1.165) is 35.9 Å². The van der Waals surface area contributed by atoms with E-state index in [-0.39, 0.29) is 0 Å². The van der Waals surface area contributed by atoms with Crippen molar-refractivity contribution in [2.75, 3.05) is 17.2 Å². The highest BCUT2D eigenvalue weighted by Crippen LogP contribution is 2.33. The number of hydrogen-bond donors (Lipinski definition) is 1. The molecule has 0 unspecified atom stereocenters. The number of nitrogen functional groups attached to an aromatic ring is 1. The Balaban J connectivity index is 1.86. The summed E-state index contributed by atoms with van der Waals surface area (Å²) in [6, 6.07) is 6.16. The number of aromatic nitrogens is 1. The van der Waals surface area contributed by atoms with Gasteiger partial charge in [0.15, 0.2) is 0 Å². The lowest BCUT2D eigenvalue weighted by Crippen LogP contribution is -2.19. The largest absolute Gasteiger partial charge is 0.398 e. The highest BCUT2D eigenvalue weighted by molar-refractivity contribution is 7.09. The van der Waals surface area contributed by atoms with Crippen LogP contribution < -0.4 is 10.6 Å². The normalized spacial score (nSPS) is 14.1. The zero-order valence-corrected chi connectivity index (χ0v) is 10.6. The van der Waals surface area contributed by atoms with Gasteiger partial charge in [-0.2, -0.15) is 0 Å². The molecule has 17 heavy (non-hydrogen) atoms. The third-order valence-corrected chi connectivity index (χ3v) is 4.00. The Morgan fingerprint density at radius 3 is 3.12 bits per heavy atom. The van der Waals surface area contributed by atoms with Gasteiger partial charge in [0.05, 0.1) is 17.2 Å². The van der Waals surface area contributed by atoms with Gasteiger partial charge in [-0.05, 0) is 25.5 Å². The fraction of sp³-hybridized carbons (Fsp3) is 0.308. The summed E-state index contributed by atoms with van der Waals surface area (Å²) in [4.78, 5) is 6.88. The van der Waals surface area contributed by atoms with Crippen LogP contribution in [0, 0.1) is 6.92 Å². The SMILES string of the molecule is Cc1nc(CN2CCc3c(N)cccc32)cs1. The summed E-state index contributed by atoms with van der Waals surface area (Å²) in [5, 5.41) is 3.27. The van der Waals surface area contributed by atoms with Crippen LogP contribution in [0.1, 0.15) is 16.3 Å². The Bertz CT molecular complexity index is 547. The first-order valence-corrected chi connectivity index (χ1v) is 6.65. The second kappa shape index (κ2) is 4.04. The minimum absolute atomic E-state index is 0.890. The molecule has 0 spiro atoms. The molecule has 0 fully saturated rings. The summed E-state index contributed by atoms with van der Waals surface area (Å²) < 4.78 is 0. The van der Waals surface area contributed by atoms with Crippen LogP contribution in [0.4, 0.5) is 11.4 Å². The van der Waals surface area contributed by atoms with E-state index in [1.807, 2.05) is 19.1 Å². The second-order valence-corrected chi connectivity index (χ2v) is 5.44. The number of anilines is 2. The second-order valence-electron chi connectivity index (χ2n) is 4.37. The minimum Gasteiger partial charge on any atom is -0.398 e. The molecule has 3 rings (SSSR count). The Morgan fingerprint density at radius 2 is 2.35 bits per heavy atom.